The summed E-state index contributed by atoms with van der Waals surface area (Å²) in [4.78, 5) is 4.11. The van der Waals surface area contributed by atoms with Crippen molar-refractivity contribution in [2.75, 3.05) is 6.54 Å². The van der Waals surface area contributed by atoms with Crippen molar-refractivity contribution in [2.45, 2.75) is 26.1 Å². The van der Waals surface area contributed by atoms with Gasteiger partial charge in [0.15, 0.2) is 0 Å². The molecular weight excluding hydrogens is 167 g/mol. The minimum Gasteiger partial charge on any atom is -0.308 e. The standard InChI is InChI=1S/C10H15FN2/c1-10(2,11)8-12-7-9-5-3-4-6-13-9/h3-6,12H,7-8H2,1-2H3. The van der Waals surface area contributed by atoms with Crippen molar-refractivity contribution in [3.05, 3.63) is 30.1 Å². The molecule has 0 fully saturated rings. The Morgan fingerprint density at radius 1 is 1.46 bits per heavy atom. The number of hydrogen-bond acceptors (Lipinski definition) is 2. The Kier molecular flexibility index (Phi) is 3.37. The molecule has 0 aliphatic carbocycles. The summed E-state index contributed by atoms with van der Waals surface area (Å²) in [5.41, 5.74) is -0.221. The molecule has 0 aliphatic heterocycles. The molecule has 0 spiro atoms. The van der Waals surface area contributed by atoms with Gasteiger partial charge in [-0.1, -0.05) is 6.07 Å². The summed E-state index contributed by atoms with van der Waals surface area (Å²) in [6.07, 6.45) is 1.73. The van der Waals surface area contributed by atoms with Crippen molar-refractivity contribution >= 4 is 0 Å². The van der Waals surface area contributed by atoms with E-state index in [4.69, 9.17) is 0 Å². The molecule has 1 heterocycles. The van der Waals surface area contributed by atoms with E-state index >= 15 is 0 Å². The smallest absolute Gasteiger partial charge is 0.117 e. The number of rotatable bonds is 4. The lowest BCUT2D eigenvalue weighted by atomic mass is 10.2. The van der Waals surface area contributed by atoms with Gasteiger partial charge in [0.1, 0.15) is 5.67 Å². The summed E-state index contributed by atoms with van der Waals surface area (Å²) >= 11 is 0. The van der Waals surface area contributed by atoms with E-state index in [9.17, 15) is 4.39 Å². The Morgan fingerprint density at radius 3 is 2.77 bits per heavy atom. The lowest BCUT2D eigenvalue weighted by Gasteiger charge is -2.14. The second-order valence-electron chi connectivity index (χ2n) is 3.64. The van der Waals surface area contributed by atoms with Gasteiger partial charge in [-0.05, 0) is 26.0 Å². The van der Waals surface area contributed by atoms with Crippen molar-refractivity contribution < 1.29 is 4.39 Å². The minimum absolute atomic E-state index is 0.351. The van der Waals surface area contributed by atoms with Crippen molar-refractivity contribution in [1.82, 2.24) is 10.3 Å². The molecule has 2 nitrogen and oxygen atoms in total. The van der Waals surface area contributed by atoms with Crippen LogP contribution in [0.1, 0.15) is 19.5 Å². The number of alkyl halides is 1. The molecule has 1 aromatic rings. The Hall–Kier alpha value is -0.960. The Bertz CT molecular complexity index is 241. The molecule has 0 bridgehead atoms. The molecule has 0 unspecified atom stereocenters. The predicted molar refractivity (Wildman–Crippen MR) is 51.1 cm³/mol. The third-order valence-electron chi connectivity index (χ3n) is 1.58. The lowest BCUT2D eigenvalue weighted by molar-refractivity contribution is 0.209. The zero-order chi connectivity index (χ0) is 9.73. The molecule has 0 atom stereocenters. The molecule has 0 aromatic carbocycles. The van der Waals surface area contributed by atoms with Gasteiger partial charge in [-0.2, -0.15) is 0 Å². The summed E-state index contributed by atoms with van der Waals surface area (Å²) in [5, 5.41) is 3.00. The molecule has 0 amide bonds. The number of aromatic nitrogens is 1. The maximum atomic E-state index is 13.0. The quantitative estimate of drug-likeness (QED) is 0.769. The molecule has 0 aliphatic rings. The van der Waals surface area contributed by atoms with Crippen LogP contribution in [0.5, 0.6) is 0 Å². The fraction of sp³-hybridized carbons (Fsp3) is 0.500. The fourth-order valence-corrected chi connectivity index (χ4v) is 0.991. The molecule has 72 valence electrons. The topological polar surface area (TPSA) is 24.9 Å². The summed E-state index contributed by atoms with van der Waals surface area (Å²) in [6.45, 7) is 4.08. The molecule has 0 saturated heterocycles. The van der Waals surface area contributed by atoms with Crippen LogP contribution >= 0.6 is 0 Å². The Morgan fingerprint density at radius 2 is 2.23 bits per heavy atom. The molecule has 0 saturated carbocycles. The number of pyridine rings is 1. The van der Waals surface area contributed by atoms with Gasteiger partial charge in [-0.3, -0.25) is 4.98 Å². The summed E-state index contributed by atoms with van der Waals surface area (Å²) in [7, 11) is 0. The largest absolute Gasteiger partial charge is 0.308 e. The van der Waals surface area contributed by atoms with Crippen molar-refractivity contribution in [2.24, 2.45) is 0 Å². The number of hydrogen-bond donors (Lipinski definition) is 1. The van der Waals surface area contributed by atoms with E-state index in [1.54, 1.807) is 20.0 Å². The van der Waals surface area contributed by atoms with E-state index in [2.05, 4.69) is 10.3 Å². The second-order valence-corrected chi connectivity index (χ2v) is 3.64. The first kappa shape index (κ1) is 10.1. The van der Waals surface area contributed by atoms with Gasteiger partial charge >= 0.3 is 0 Å². The molecule has 3 heteroatoms. The zero-order valence-electron chi connectivity index (χ0n) is 8.05. The van der Waals surface area contributed by atoms with Crippen LogP contribution in [-0.4, -0.2) is 17.2 Å². The van der Waals surface area contributed by atoms with Crippen molar-refractivity contribution in [1.29, 1.82) is 0 Å². The molecule has 1 rings (SSSR count). The SMILES string of the molecule is CC(C)(F)CNCc1ccccn1. The van der Waals surface area contributed by atoms with Crippen LogP contribution in [0.25, 0.3) is 0 Å². The average Bonchev–Trinajstić information content (AvgIpc) is 2.04. The highest BCUT2D eigenvalue weighted by molar-refractivity contribution is 5.02. The third kappa shape index (κ3) is 4.58. The van der Waals surface area contributed by atoms with E-state index in [0.717, 1.165) is 5.69 Å². The van der Waals surface area contributed by atoms with E-state index in [1.807, 2.05) is 18.2 Å². The van der Waals surface area contributed by atoms with Crippen LogP contribution in [0.4, 0.5) is 4.39 Å². The van der Waals surface area contributed by atoms with E-state index < -0.39 is 5.67 Å². The maximum absolute atomic E-state index is 13.0. The Labute approximate surface area is 78.2 Å². The predicted octanol–water partition coefficient (Wildman–Crippen LogP) is 1.92. The Balaban J connectivity index is 2.29. The average molecular weight is 182 g/mol. The van der Waals surface area contributed by atoms with E-state index in [-0.39, 0.29) is 0 Å². The molecule has 0 radical (unpaired) electrons. The summed E-state index contributed by atoms with van der Waals surface area (Å²) in [6, 6.07) is 5.70. The fourth-order valence-electron chi connectivity index (χ4n) is 0.991. The number of nitrogens with zero attached hydrogens (tertiary/aromatic N) is 1. The van der Waals surface area contributed by atoms with E-state index in [0.29, 0.717) is 13.1 Å². The van der Waals surface area contributed by atoms with Crippen LogP contribution in [0.15, 0.2) is 24.4 Å². The van der Waals surface area contributed by atoms with Crippen molar-refractivity contribution in [3.63, 3.8) is 0 Å². The van der Waals surface area contributed by atoms with Gasteiger partial charge in [0.05, 0.1) is 5.69 Å². The third-order valence-corrected chi connectivity index (χ3v) is 1.58. The highest BCUT2D eigenvalue weighted by Crippen LogP contribution is 2.05. The van der Waals surface area contributed by atoms with Crippen LogP contribution in [0.2, 0.25) is 0 Å². The van der Waals surface area contributed by atoms with Gasteiger partial charge in [-0.25, -0.2) is 4.39 Å². The van der Waals surface area contributed by atoms with Crippen LogP contribution < -0.4 is 5.32 Å². The normalized spacial score (nSPS) is 11.6. The number of nitrogens with one attached hydrogen (secondary N) is 1. The monoisotopic (exact) mass is 182 g/mol. The minimum atomic E-state index is -1.16. The summed E-state index contributed by atoms with van der Waals surface area (Å²) < 4.78 is 13.0. The lowest BCUT2D eigenvalue weighted by Crippen LogP contribution is -2.30. The van der Waals surface area contributed by atoms with Gasteiger partial charge in [0.2, 0.25) is 0 Å². The summed E-state index contributed by atoms with van der Waals surface area (Å²) in [5.74, 6) is 0. The molecule has 1 aromatic heterocycles. The zero-order valence-corrected chi connectivity index (χ0v) is 8.05. The first-order valence-corrected chi connectivity index (χ1v) is 4.37. The van der Waals surface area contributed by atoms with Gasteiger partial charge in [0, 0.05) is 19.3 Å². The van der Waals surface area contributed by atoms with Gasteiger partial charge in [-0.15, -0.1) is 0 Å². The van der Waals surface area contributed by atoms with Crippen molar-refractivity contribution in [3.8, 4) is 0 Å². The van der Waals surface area contributed by atoms with Gasteiger partial charge in [0.25, 0.3) is 0 Å². The molecule has 13 heavy (non-hydrogen) atoms. The molecule has 1 N–H and O–H groups in total. The van der Waals surface area contributed by atoms with Gasteiger partial charge < -0.3 is 5.32 Å². The van der Waals surface area contributed by atoms with E-state index in [1.165, 1.54) is 0 Å². The first-order chi connectivity index (χ1) is 6.08. The highest BCUT2D eigenvalue weighted by atomic mass is 19.1. The van der Waals surface area contributed by atoms with Crippen LogP contribution in [0.3, 0.4) is 0 Å². The maximum Gasteiger partial charge on any atom is 0.117 e. The first-order valence-electron chi connectivity index (χ1n) is 4.37. The van der Waals surface area contributed by atoms with Crippen LogP contribution in [0, 0.1) is 0 Å². The number of halogens is 1. The van der Waals surface area contributed by atoms with Crippen LogP contribution in [-0.2, 0) is 6.54 Å². The second kappa shape index (κ2) is 4.33. The molecular formula is C10H15FN2. The highest BCUT2D eigenvalue weighted by Gasteiger charge is 2.13.